The van der Waals surface area contributed by atoms with Gasteiger partial charge in [0.05, 0.1) is 0 Å². The molecule has 0 aromatic carbocycles. The summed E-state index contributed by atoms with van der Waals surface area (Å²) in [5, 5.41) is 0.907. The van der Waals surface area contributed by atoms with E-state index in [4.69, 9.17) is 0 Å². The SMILES string of the molecule is CCCCCC[C@H]1CC[C@@H]2CCCC[C@]23CC[C@@H](SC)CN13. The molecule has 1 saturated carbocycles. The second-order valence-corrected chi connectivity index (χ2v) is 9.31. The van der Waals surface area contributed by atoms with Crippen LogP contribution in [0.2, 0.25) is 0 Å². The fraction of sp³-hybridized carbons (Fsp3) is 1.00. The summed E-state index contributed by atoms with van der Waals surface area (Å²) < 4.78 is 0. The number of piperidine rings is 2. The van der Waals surface area contributed by atoms with Gasteiger partial charge in [0.1, 0.15) is 0 Å². The summed E-state index contributed by atoms with van der Waals surface area (Å²) in [5.74, 6) is 1.04. The molecule has 3 aliphatic rings. The Balaban J connectivity index is 1.69. The number of rotatable bonds is 6. The highest BCUT2D eigenvalue weighted by Crippen LogP contribution is 2.52. The first-order valence-corrected chi connectivity index (χ1v) is 11.4. The monoisotopic (exact) mass is 323 g/mol. The van der Waals surface area contributed by atoms with Crippen molar-refractivity contribution in [2.45, 2.75) is 107 Å². The van der Waals surface area contributed by atoms with Gasteiger partial charge in [-0.3, -0.25) is 4.90 Å². The van der Waals surface area contributed by atoms with E-state index in [1.54, 1.807) is 6.42 Å². The van der Waals surface area contributed by atoms with Crippen molar-refractivity contribution in [1.29, 1.82) is 0 Å². The predicted molar refractivity (Wildman–Crippen MR) is 99.7 cm³/mol. The molecule has 4 atom stereocenters. The number of hydrogen-bond donors (Lipinski definition) is 0. The van der Waals surface area contributed by atoms with Crippen LogP contribution in [0.25, 0.3) is 0 Å². The van der Waals surface area contributed by atoms with Crippen molar-refractivity contribution in [3.63, 3.8) is 0 Å². The van der Waals surface area contributed by atoms with Gasteiger partial charge in [-0.25, -0.2) is 0 Å². The molecule has 1 spiro atoms. The van der Waals surface area contributed by atoms with Crippen molar-refractivity contribution in [2.75, 3.05) is 12.8 Å². The lowest BCUT2D eigenvalue weighted by atomic mass is 9.62. The highest BCUT2D eigenvalue weighted by molar-refractivity contribution is 7.99. The van der Waals surface area contributed by atoms with E-state index in [1.807, 2.05) is 0 Å². The summed E-state index contributed by atoms with van der Waals surface area (Å²) >= 11 is 2.13. The van der Waals surface area contributed by atoms with Crippen LogP contribution in [0.15, 0.2) is 0 Å². The summed E-state index contributed by atoms with van der Waals surface area (Å²) in [6.07, 6.45) is 21.6. The van der Waals surface area contributed by atoms with Crippen molar-refractivity contribution >= 4 is 11.8 Å². The molecule has 0 unspecified atom stereocenters. The number of thioether (sulfide) groups is 1. The molecule has 1 aliphatic carbocycles. The summed E-state index contributed by atoms with van der Waals surface area (Å²) in [6, 6.07) is 0.918. The Morgan fingerprint density at radius 2 is 1.91 bits per heavy atom. The Hall–Kier alpha value is 0.310. The van der Waals surface area contributed by atoms with Gasteiger partial charge in [0, 0.05) is 23.4 Å². The molecule has 3 rings (SSSR count). The average molecular weight is 324 g/mol. The smallest absolute Gasteiger partial charge is 0.0241 e. The van der Waals surface area contributed by atoms with Gasteiger partial charge in [0.15, 0.2) is 0 Å². The zero-order chi connectivity index (χ0) is 15.4. The van der Waals surface area contributed by atoms with Gasteiger partial charge in [-0.1, -0.05) is 45.4 Å². The number of nitrogens with zero attached hydrogens (tertiary/aromatic N) is 1. The lowest BCUT2D eigenvalue weighted by molar-refractivity contribution is -0.0926. The molecule has 0 radical (unpaired) electrons. The highest BCUT2D eigenvalue weighted by Gasteiger charge is 2.52. The van der Waals surface area contributed by atoms with Crippen molar-refractivity contribution in [2.24, 2.45) is 5.92 Å². The van der Waals surface area contributed by atoms with Gasteiger partial charge in [0.2, 0.25) is 0 Å². The minimum absolute atomic E-state index is 0.637. The maximum Gasteiger partial charge on any atom is 0.0241 e. The zero-order valence-electron chi connectivity index (χ0n) is 15.0. The third-order valence-electron chi connectivity index (χ3n) is 7.06. The highest BCUT2D eigenvalue weighted by atomic mass is 32.2. The molecule has 128 valence electrons. The van der Waals surface area contributed by atoms with Crippen LogP contribution in [0.5, 0.6) is 0 Å². The van der Waals surface area contributed by atoms with Crippen molar-refractivity contribution in [1.82, 2.24) is 4.90 Å². The van der Waals surface area contributed by atoms with Crippen molar-refractivity contribution in [3.8, 4) is 0 Å². The molecule has 2 heterocycles. The second-order valence-electron chi connectivity index (χ2n) is 8.18. The largest absolute Gasteiger partial charge is 0.293 e. The van der Waals surface area contributed by atoms with Crippen molar-refractivity contribution in [3.05, 3.63) is 0 Å². The number of unbranched alkanes of at least 4 members (excludes halogenated alkanes) is 3. The molecule has 2 heteroatoms. The molecule has 0 amide bonds. The Labute approximate surface area is 143 Å². The fourth-order valence-corrected chi connectivity index (χ4v) is 6.49. The average Bonchev–Trinajstić information content (AvgIpc) is 2.57. The Morgan fingerprint density at radius 3 is 2.73 bits per heavy atom. The summed E-state index contributed by atoms with van der Waals surface area (Å²) in [5.41, 5.74) is 0.637. The van der Waals surface area contributed by atoms with Gasteiger partial charge in [-0.05, 0) is 57.1 Å². The Bertz CT molecular complexity index is 345. The van der Waals surface area contributed by atoms with E-state index in [-0.39, 0.29) is 0 Å². The first kappa shape index (κ1) is 17.1. The molecule has 0 aromatic heterocycles. The van der Waals surface area contributed by atoms with E-state index in [9.17, 15) is 0 Å². The van der Waals surface area contributed by atoms with Crippen LogP contribution in [-0.4, -0.2) is 34.5 Å². The van der Waals surface area contributed by atoms with Gasteiger partial charge < -0.3 is 0 Å². The maximum absolute atomic E-state index is 3.08. The summed E-state index contributed by atoms with van der Waals surface area (Å²) in [7, 11) is 0. The lowest BCUT2D eigenvalue weighted by Crippen LogP contribution is -2.65. The number of hydrogen-bond acceptors (Lipinski definition) is 2. The van der Waals surface area contributed by atoms with E-state index in [1.165, 1.54) is 83.6 Å². The minimum atomic E-state index is 0.637. The minimum Gasteiger partial charge on any atom is -0.293 e. The van der Waals surface area contributed by atoms with Crippen LogP contribution in [0.1, 0.15) is 90.4 Å². The molecular formula is C20H37NS. The first-order chi connectivity index (χ1) is 10.8. The quantitative estimate of drug-likeness (QED) is 0.562. The second kappa shape index (κ2) is 7.92. The molecular weight excluding hydrogens is 286 g/mol. The van der Waals surface area contributed by atoms with E-state index < -0.39 is 0 Å². The molecule has 3 fully saturated rings. The van der Waals surface area contributed by atoms with Crippen LogP contribution < -0.4 is 0 Å². The fourth-order valence-electron chi connectivity index (χ4n) is 5.82. The van der Waals surface area contributed by atoms with Crippen molar-refractivity contribution < 1.29 is 0 Å². The topological polar surface area (TPSA) is 3.24 Å². The predicted octanol–water partition coefficient (Wildman–Crippen LogP) is 5.88. The molecule has 2 aliphatic heterocycles. The van der Waals surface area contributed by atoms with Gasteiger partial charge in [0.25, 0.3) is 0 Å². The molecule has 1 nitrogen and oxygen atoms in total. The van der Waals surface area contributed by atoms with E-state index in [0.29, 0.717) is 5.54 Å². The molecule has 0 bridgehead atoms. The van der Waals surface area contributed by atoms with Gasteiger partial charge in [-0.2, -0.15) is 11.8 Å². The summed E-state index contributed by atoms with van der Waals surface area (Å²) in [4.78, 5) is 3.08. The maximum atomic E-state index is 3.08. The zero-order valence-corrected chi connectivity index (χ0v) is 15.8. The van der Waals surface area contributed by atoms with Gasteiger partial charge >= 0.3 is 0 Å². The van der Waals surface area contributed by atoms with Crippen LogP contribution in [0.3, 0.4) is 0 Å². The van der Waals surface area contributed by atoms with Crippen LogP contribution in [0, 0.1) is 5.92 Å². The van der Waals surface area contributed by atoms with E-state index in [2.05, 4.69) is 29.8 Å². The molecule has 0 aromatic rings. The molecule has 0 N–H and O–H groups in total. The molecule has 2 saturated heterocycles. The first-order valence-electron chi connectivity index (χ1n) is 10.1. The van der Waals surface area contributed by atoms with Crippen LogP contribution >= 0.6 is 11.8 Å². The Morgan fingerprint density at radius 1 is 1.00 bits per heavy atom. The third-order valence-corrected chi connectivity index (χ3v) is 8.11. The van der Waals surface area contributed by atoms with Gasteiger partial charge in [-0.15, -0.1) is 0 Å². The third kappa shape index (κ3) is 3.38. The van der Waals surface area contributed by atoms with Crippen LogP contribution in [0.4, 0.5) is 0 Å². The van der Waals surface area contributed by atoms with Crippen LogP contribution in [-0.2, 0) is 0 Å². The molecule has 22 heavy (non-hydrogen) atoms. The van der Waals surface area contributed by atoms with E-state index in [0.717, 1.165) is 17.2 Å². The lowest BCUT2D eigenvalue weighted by Gasteiger charge is -2.61. The van der Waals surface area contributed by atoms with E-state index >= 15 is 0 Å². The standard InChI is InChI=1S/C20H37NS/c1-3-4-5-6-10-18-12-11-17-9-7-8-14-20(17)15-13-19(22-2)16-21(18)20/h17-19H,3-16H2,1-2H3/t17-,18-,19+,20-/m0/s1. The summed E-state index contributed by atoms with van der Waals surface area (Å²) in [6.45, 7) is 3.73. The Kier molecular flexibility index (Phi) is 6.17. The normalized spacial score (nSPS) is 39.3.